The lowest BCUT2D eigenvalue weighted by Crippen LogP contribution is -2.44. The molecular weight excluding hydrogens is 435 g/mol. The van der Waals surface area contributed by atoms with Crippen LogP contribution in [0.3, 0.4) is 0 Å². The highest BCUT2D eigenvalue weighted by Crippen LogP contribution is 2.41. The van der Waals surface area contributed by atoms with Crippen molar-refractivity contribution in [3.63, 3.8) is 0 Å². The maximum Gasteiger partial charge on any atom is 0.423 e. The predicted molar refractivity (Wildman–Crippen MR) is 107 cm³/mol. The van der Waals surface area contributed by atoms with E-state index in [1.54, 1.807) is 18.2 Å². The zero-order valence-electron chi connectivity index (χ0n) is 16.2. The third kappa shape index (κ3) is 5.35. The minimum Gasteiger partial charge on any atom is -0.421 e. The number of aliphatic hydroxyl groups is 1. The number of esters is 1. The Kier molecular flexibility index (Phi) is 6.87. The molecule has 31 heavy (non-hydrogen) atoms. The highest BCUT2D eigenvalue weighted by molar-refractivity contribution is 7.87. The summed E-state index contributed by atoms with van der Waals surface area (Å²) in [4.78, 5) is 27.4. The van der Waals surface area contributed by atoms with Gasteiger partial charge in [-0.1, -0.05) is 28.9 Å². The molecule has 166 valence electrons. The summed E-state index contributed by atoms with van der Waals surface area (Å²) in [5, 5.41) is 10.5. The second-order valence-corrected chi connectivity index (χ2v) is 8.86. The van der Waals surface area contributed by atoms with Crippen LogP contribution in [0.15, 0.2) is 53.0 Å². The van der Waals surface area contributed by atoms with Gasteiger partial charge < -0.3 is 15.6 Å². The molecule has 1 aliphatic rings. The van der Waals surface area contributed by atoms with Gasteiger partial charge in [0.2, 0.25) is 5.60 Å². The van der Waals surface area contributed by atoms with E-state index in [0.717, 1.165) is 18.3 Å². The summed E-state index contributed by atoms with van der Waals surface area (Å²) in [6.45, 7) is 0. The lowest BCUT2D eigenvalue weighted by molar-refractivity contribution is -0.268. The van der Waals surface area contributed by atoms with Crippen molar-refractivity contribution in [1.82, 2.24) is 4.98 Å². The van der Waals surface area contributed by atoms with Crippen LogP contribution in [-0.4, -0.2) is 45.7 Å². The number of nitrogens with zero attached hydrogens (tertiary/aromatic N) is 2. The van der Waals surface area contributed by atoms with Gasteiger partial charge in [0.15, 0.2) is 0 Å². The van der Waals surface area contributed by atoms with Crippen LogP contribution < -0.4 is 10.5 Å². The second-order valence-electron chi connectivity index (χ2n) is 6.94. The fourth-order valence-electron chi connectivity index (χ4n) is 2.88. The van der Waals surface area contributed by atoms with Crippen molar-refractivity contribution in [2.75, 3.05) is 11.5 Å². The van der Waals surface area contributed by atoms with Gasteiger partial charge in [-0.2, -0.15) is 17.5 Å². The average molecular weight is 455 g/mol. The molecule has 0 aliphatic carbocycles. The van der Waals surface area contributed by atoms with E-state index in [0.29, 0.717) is 12.2 Å². The molecule has 3 rings (SSSR count). The molecule has 3 N–H and O–H groups in total. The monoisotopic (exact) mass is 455 g/mol. The molecule has 2 aromatic rings. The van der Waals surface area contributed by atoms with Crippen molar-refractivity contribution < 1.29 is 32.6 Å². The molecule has 11 heteroatoms. The maximum atomic E-state index is 13.7. The predicted octanol–water partition coefficient (Wildman–Crippen LogP) is 2.50. The van der Waals surface area contributed by atoms with Gasteiger partial charge in [0, 0.05) is 17.9 Å². The average Bonchev–Trinajstić information content (AvgIpc) is 2.74. The first-order valence-corrected chi connectivity index (χ1v) is 10.8. The quantitative estimate of drug-likeness (QED) is 0.647. The van der Waals surface area contributed by atoms with Crippen LogP contribution in [0.4, 0.5) is 13.2 Å². The molecule has 0 saturated heterocycles. The Morgan fingerprint density at radius 1 is 1.23 bits per heavy atom. The summed E-state index contributed by atoms with van der Waals surface area (Å²) in [6.07, 6.45) is -4.44. The maximum absolute atomic E-state index is 13.7. The zero-order chi connectivity index (χ0) is 22.6. The van der Waals surface area contributed by atoms with Gasteiger partial charge in [-0.05, 0) is 30.7 Å². The van der Waals surface area contributed by atoms with Gasteiger partial charge in [0.05, 0.1) is 23.5 Å². The summed E-state index contributed by atoms with van der Waals surface area (Å²) in [6, 6.07) is 9.43. The SMILES string of the molecule is NC1CCS(CCC(O)(c2ccc(OC(=O)c3ccccc3)cn2)C(F)(F)F)=NC1=O. The Morgan fingerprint density at radius 2 is 1.94 bits per heavy atom. The minimum absolute atomic E-state index is 0.0640. The minimum atomic E-state index is -5.01. The highest BCUT2D eigenvalue weighted by atomic mass is 32.2. The number of hydrogen-bond acceptors (Lipinski definition) is 6. The summed E-state index contributed by atoms with van der Waals surface area (Å²) in [7, 11) is -0.946. The first-order chi connectivity index (χ1) is 14.6. The number of pyridine rings is 1. The van der Waals surface area contributed by atoms with Crippen LogP contribution >= 0.6 is 0 Å². The number of alkyl halides is 3. The van der Waals surface area contributed by atoms with Gasteiger partial charge in [0.25, 0.3) is 5.91 Å². The second kappa shape index (κ2) is 9.25. The Hall–Kier alpha value is -2.63. The molecule has 0 saturated carbocycles. The molecule has 3 atom stereocenters. The molecule has 1 aromatic heterocycles. The Balaban J connectivity index is 1.75. The van der Waals surface area contributed by atoms with Gasteiger partial charge in [0.1, 0.15) is 5.75 Å². The number of hydrogen-bond donors (Lipinski definition) is 2. The van der Waals surface area contributed by atoms with E-state index in [4.69, 9.17) is 10.5 Å². The van der Waals surface area contributed by atoms with E-state index >= 15 is 0 Å². The third-order valence-corrected chi connectivity index (χ3v) is 6.57. The van der Waals surface area contributed by atoms with Crippen molar-refractivity contribution in [3.05, 3.63) is 59.9 Å². The van der Waals surface area contributed by atoms with Crippen molar-refractivity contribution in [2.24, 2.45) is 10.1 Å². The smallest absolute Gasteiger partial charge is 0.421 e. The number of aromatic nitrogens is 1. The molecule has 3 unspecified atom stereocenters. The Labute approximate surface area is 178 Å². The van der Waals surface area contributed by atoms with E-state index in [2.05, 4.69) is 9.35 Å². The molecule has 2 heterocycles. The van der Waals surface area contributed by atoms with Crippen LogP contribution in [0.1, 0.15) is 28.9 Å². The molecule has 7 nitrogen and oxygen atoms in total. The zero-order valence-corrected chi connectivity index (χ0v) is 17.0. The first kappa shape index (κ1) is 23.0. The number of nitrogens with two attached hydrogens (primary N) is 1. The van der Waals surface area contributed by atoms with E-state index in [1.807, 2.05) is 0 Å². The van der Waals surface area contributed by atoms with Crippen LogP contribution in [0.25, 0.3) is 0 Å². The van der Waals surface area contributed by atoms with Crippen LogP contribution in [0.2, 0.25) is 0 Å². The third-order valence-electron chi connectivity index (χ3n) is 4.75. The normalized spacial score (nSPS) is 21.1. The standard InChI is InChI=1S/C20H20F3N3O4S/c21-20(22,23)19(29,9-11-31-10-8-15(24)17(27)26-31)16-7-6-14(12-25-16)30-18(28)13-4-2-1-3-5-13/h1-7,12,15,29H,8-11,24H2. The fraction of sp³-hybridized carbons (Fsp3) is 0.350. The number of rotatable bonds is 6. The van der Waals surface area contributed by atoms with Crippen LogP contribution in [0, 0.1) is 0 Å². The lowest BCUT2D eigenvalue weighted by atomic mass is 9.95. The van der Waals surface area contributed by atoms with Crippen molar-refractivity contribution in [2.45, 2.75) is 30.7 Å². The van der Waals surface area contributed by atoms with Gasteiger partial charge in [-0.3, -0.25) is 9.78 Å². The number of benzene rings is 1. The molecular formula is C20H20F3N3O4S. The van der Waals surface area contributed by atoms with Crippen molar-refractivity contribution >= 4 is 22.6 Å². The van der Waals surface area contributed by atoms with Gasteiger partial charge in [-0.25, -0.2) is 4.79 Å². The lowest BCUT2D eigenvalue weighted by Gasteiger charge is -2.30. The van der Waals surface area contributed by atoms with Gasteiger partial charge >= 0.3 is 12.1 Å². The summed E-state index contributed by atoms with van der Waals surface area (Å²) in [5.41, 5.74) is 1.95. The fourth-order valence-corrected chi connectivity index (χ4v) is 4.71. The van der Waals surface area contributed by atoms with E-state index in [9.17, 15) is 27.9 Å². The number of ether oxygens (including phenoxy) is 1. The summed E-state index contributed by atoms with van der Waals surface area (Å²) < 4.78 is 50.1. The molecule has 0 radical (unpaired) electrons. The molecule has 1 amide bonds. The first-order valence-electron chi connectivity index (χ1n) is 9.32. The number of amides is 1. The van der Waals surface area contributed by atoms with Crippen molar-refractivity contribution in [3.8, 4) is 5.75 Å². The largest absolute Gasteiger partial charge is 0.423 e. The number of halogens is 3. The highest BCUT2D eigenvalue weighted by Gasteiger charge is 2.55. The number of carbonyl (C=O) groups excluding carboxylic acids is 2. The number of carbonyl (C=O) groups is 2. The summed E-state index contributed by atoms with van der Waals surface area (Å²) >= 11 is 0. The van der Waals surface area contributed by atoms with Crippen LogP contribution in [-0.2, 0) is 21.1 Å². The van der Waals surface area contributed by atoms with Crippen LogP contribution in [0.5, 0.6) is 5.75 Å². The molecule has 0 fully saturated rings. The van der Waals surface area contributed by atoms with E-state index in [1.165, 1.54) is 12.1 Å². The summed E-state index contributed by atoms with van der Waals surface area (Å²) in [5.74, 6) is -1.04. The molecule has 1 aliphatic heterocycles. The molecule has 1 aromatic carbocycles. The Morgan fingerprint density at radius 3 is 2.52 bits per heavy atom. The Bertz CT molecular complexity index is 983. The topological polar surface area (TPSA) is 115 Å². The van der Waals surface area contributed by atoms with Crippen molar-refractivity contribution in [1.29, 1.82) is 0 Å². The van der Waals surface area contributed by atoms with E-state index in [-0.39, 0.29) is 17.1 Å². The van der Waals surface area contributed by atoms with Gasteiger partial charge in [-0.15, -0.1) is 0 Å². The molecule has 0 spiro atoms. The van der Waals surface area contributed by atoms with E-state index < -0.39 is 52.5 Å². The molecule has 0 bridgehead atoms.